The summed E-state index contributed by atoms with van der Waals surface area (Å²) in [5, 5.41) is 6.19. The summed E-state index contributed by atoms with van der Waals surface area (Å²) in [5.41, 5.74) is 9.64. The first kappa shape index (κ1) is 13.7. The molecule has 5 nitrogen and oxygen atoms in total. The molecule has 0 radical (unpaired) electrons. The molecule has 1 aromatic rings. The van der Waals surface area contributed by atoms with Crippen molar-refractivity contribution in [3.8, 4) is 0 Å². The lowest BCUT2D eigenvalue weighted by Gasteiger charge is -2.19. The highest BCUT2D eigenvalue weighted by atomic mass is 16.5. The summed E-state index contributed by atoms with van der Waals surface area (Å²) < 4.78 is 5.00. The summed E-state index contributed by atoms with van der Waals surface area (Å²) in [5.74, 6) is 0.0725. The Hall–Kier alpha value is -1.75. The van der Waals surface area contributed by atoms with Gasteiger partial charge in [0.2, 0.25) is 5.91 Å². The molecule has 1 aliphatic heterocycles. The number of hydrogen-bond acceptors (Lipinski definition) is 4. The van der Waals surface area contributed by atoms with Crippen molar-refractivity contribution in [2.24, 2.45) is 0 Å². The zero-order valence-electron chi connectivity index (χ0n) is 11.3. The number of nitrogens with one attached hydrogen (secondary N) is 2. The minimum atomic E-state index is 0.0725. The van der Waals surface area contributed by atoms with Gasteiger partial charge in [0.15, 0.2) is 0 Å². The minimum absolute atomic E-state index is 0.0725. The summed E-state index contributed by atoms with van der Waals surface area (Å²) >= 11 is 0. The van der Waals surface area contributed by atoms with E-state index in [1.165, 1.54) is 0 Å². The molecule has 0 saturated carbocycles. The average Bonchev–Trinajstić information content (AvgIpc) is 2.39. The molecule has 0 bridgehead atoms. The van der Waals surface area contributed by atoms with Crippen LogP contribution in [0, 0.1) is 0 Å². The number of amides is 1. The van der Waals surface area contributed by atoms with E-state index < -0.39 is 0 Å². The maximum atomic E-state index is 11.4. The quantitative estimate of drug-likeness (QED) is 0.542. The normalized spacial score (nSPS) is 13.8. The lowest BCUT2D eigenvalue weighted by atomic mass is 10.0. The topological polar surface area (TPSA) is 76.4 Å². The number of carbonyl (C=O) groups is 1. The molecule has 1 aliphatic rings. The Morgan fingerprint density at radius 2 is 2.21 bits per heavy atom. The van der Waals surface area contributed by atoms with Gasteiger partial charge >= 0.3 is 0 Å². The highest BCUT2D eigenvalue weighted by Crippen LogP contribution is 2.30. The van der Waals surface area contributed by atoms with Gasteiger partial charge in [0.1, 0.15) is 0 Å². The predicted octanol–water partition coefficient (Wildman–Crippen LogP) is 1.99. The van der Waals surface area contributed by atoms with Crippen LogP contribution in [-0.2, 0) is 16.0 Å². The van der Waals surface area contributed by atoms with Crippen molar-refractivity contribution in [2.45, 2.75) is 25.7 Å². The first-order valence-electron chi connectivity index (χ1n) is 6.66. The number of fused-ring (bicyclic) bond motifs is 1. The van der Waals surface area contributed by atoms with Gasteiger partial charge in [0.25, 0.3) is 0 Å². The highest BCUT2D eigenvalue weighted by molar-refractivity contribution is 5.95. The van der Waals surface area contributed by atoms with E-state index in [0.717, 1.165) is 55.0 Å². The summed E-state index contributed by atoms with van der Waals surface area (Å²) in [6.07, 6.45) is 3.34. The van der Waals surface area contributed by atoms with Gasteiger partial charge in [-0.15, -0.1) is 0 Å². The second-order valence-electron chi connectivity index (χ2n) is 4.77. The molecule has 0 saturated heterocycles. The van der Waals surface area contributed by atoms with Crippen LogP contribution >= 0.6 is 0 Å². The molecule has 104 valence electrons. The third-order valence-electron chi connectivity index (χ3n) is 3.26. The van der Waals surface area contributed by atoms with Crippen LogP contribution in [0.5, 0.6) is 0 Å². The summed E-state index contributed by atoms with van der Waals surface area (Å²) in [7, 11) is 1.71. The fourth-order valence-corrected chi connectivity index (χ4v) is 2.20. The number of benzene rings is 1. The van der Waals surface area contributed by atoms with E-state index in [0.29, 0.717) is 6.42 Å². The first-order chi connectivity index (χ1) is 9.20. The number of rotatable bonds is 6. The molecule has 0 aliphatic carbocycles. The molecule has 0 atom stereocenters. The number of anilines is 3. The van der Waals surface area contributed by atoms with E-state index in [4.69, 9.17) is 10.5 Å². The number of ether oxygens (including phenoxy) is 1. The van der Waals surface area contributed by atoms with Crippen LogP contribution in [0.1, 0.15) is 24.8 Å². The van der Waals surface area contributed by atoms with Gasteiger partial charge in [-0.2, -0.15) is 0 Å². The standard InChI is InChI=1S/C14H21N3O2/c1-19-7-3-2-6-16-13-9-12-10(8-11(13)15)4-5-14(18)17-12/h8-9,16H,2-7,15H2,1H3,(H,17,18). The molecule has 1 heterocycles. The van der Waals surface area contributed by atoms with Crippen LogP contribution in [0.4, 0.5) is 17.1 Å². The van der Waals surface area contributed by atoms with Crippen LogP contribution in [-0.4, -0.2) is 26.2 Å². The van der Waals surface area contributed by atoms with Gasteiger partial charge in [0.05, 0.1) is 11.4 Å². The third-order valence-corrected chi connectivity index (χ3v) is 3.26. The SMILES string of the molecule is COCCCCNc1cc2c(cc1N)CCC(=O)N2. The zero-order chi connectivity index (χ0) is 13.7. The van der Waals surface area contributed by atoms with Crippen molar-refractivity contribution in [1.82, 2.24) is 0 Å². The second-order valence-corrected chi connectivity index (χ2v) is 4.77. The van der Waals surface area contributed by atoms with Gasteiger partial charge < -0.3 is 21.1 Å². The number of nitrogen functional groups attached to an aromatic ring is 1. The lowest BCUT2D eigenvalue weighted by Crippen LogP contribution is -2.19. The van der Waals surface area contributed by atoms with Crippen molar-refractivity contribution in [3.63, 3.8) is 0 Å². The van der Waals surface area contributed by atoms with Crippen LogP contribution in [0.25, 0.3) is 0 Å². The third kappa shape index (κ3) is 3.61. The minimum Gasteiger partial charge on any atom is -0.397 e. The molecular weight excluding hydrogens is 242 g/mol. The molecule has 4 N–H and O–H groups in total. The number of hydrogen-bond donors (Lipinski definition) is 3. The molecule has 0 aromatic heterocycles. The second kappa shape index (κ2) is 6.43. The van der Waals surface area contributed by atoms with E-state index in [9.17, 15) is 4.79 Å². The van der Waals surface area contributed by atoms with Crippen molar-refractivity contribution >= 4 is 23.0 Å². The van der Waals surface area contributed by atoms with Crippen LogP contribution in [0.3, 0.4) is 0 Å². The van der Waals surface area contributed by atoms with Gasteiger partial charge in [-0.3, -0.25) is 4.79 Å². The smallest absolute Gasteiger partial charge is 0.224 e. The number of nitrogens with two attached hydrogens (primary N) is 1. The number of methoxy groups -OCH3 is 1. The molecule has 2 rings (SSSR count). The van der Waals surface area contributed by atoms with Gasteiger partial charge in [-0.25, -0.2) is 0 Å². The largest absolute Gasteiger partial charge is 0.397 e. The van der Waals surface area contributed by atoms with Crippen LogP contribution in [0.15, 0.2) is 12.1 Å². The van der Waals surface area contributed by atoms with E-state index in [1.54, 1.807) is 7.11 Å². The van der Waals surface area contributed by atoms with Gasteiger partial charge in [-0.05, 0) is 37.0 Å². The molecule has 19 heavy (non-hydrogen) atoms. The zero-order valence-corrected chi connectivity index (χ0v) is 11.3. The lowest BCUT2D eigenvalue weighted by molar-refractivity contribution is -0.116. The maximum Gasteiger partial charge on any atom is 0.224 e. The fraction of sp³-hybridized carbons (Fsp3) is 0.500. The number of unbranched alkanes of at least 4 members (excludes halogenated alkanes) is 1. The van der Waals surface area contributed by atoms with E-state index in [2.05, 4.69) is 10.6 Å². The summed E-state index contributed by atoms with van der Waals surface area (Å²) in [4.78, 5) is 11.4. The molecule has 1 aromatic carbocycles. The molecular formula is C14H21N3O2. The molecule has 0 spiro atoms. The van der Waals surface area contributed by atoms with Crippen LogP contribution in [0.2, 0.25) is 0 Å². The van der Waals surface area contributed by atoms with Crippen molar-refractivity contribution in [1.29, 1.82) is 0 Å². The summed E-state index contributed by atoms with van der Waals surface area (Å²) in [6.45, 7) is 1.62. The Morgan fingerprint density at radius 3 is 3.00 bits per heavy atom. The number of carbonyl (C=O) groups excluding carboxylic acids is 1. The highest BCUT2D eigenvalue weighted by Gasteiger charge is 2.16. The Morgan fingerprint density at radius 1 is 1.37 bits per heavy atom. The maximum absolute atomic E-state index is 11.4. The number of aryl methyl sites for hydroxylation is 1. The summed E-state index contributed by atoms with van der Waals surface area (Å²) in [6, 6.07) is 3.88. The van der Waals surface area contributed by atoms with Gasteiger partial charge in [-0.1, -0.05) is 0 Å². The average molecular weight is 263 g/mol. The Kier molecular flexibility index (Phi) is 4.63. The van der Waals surface area contributed by atoms with Crippen molar-refractivity contribution in [3.05, 3.63) is 17.7 Å². The molecule has 0 unspecified atom stereocenters. The van der Waals surface area contributed by atoms with E-state index >= 15 is 0 Å². The van der Waals surface area contributed by atoms with E-state index in [1.807, 2.05) is 12.1 Å². The Balaban J connectivity index is 1.97. The predicted molar refractivity (Wildman–Crippen MR) is 77.4 cm³/mol. The monoisotopic (exact) mass is 263 g/mol. The molecule has 0 fully saturated rings. The van der Waals surface area contributed by atoms with Crippen molar-refractivity contribution in [2.75, 3.05) is 36.6 Å². The Bertz CT molecular complexity index is 460. The molecule has 5 heteroatoms. The fourth-order valence-electron chi connectivity index (χ4n) is 2.20. The van der Waals surface area contributed by atoms with Crippen molar-refractivity contribution < 1.29 is 9.53 Å². The van der Waals surface area contributed by atoms with E-state index in [-0.39, 0.29) is 5.91 Å². The van der Waals surface area contributed by atoms with Gasteiger partial charge in [0, 0.05) is 32.4 Å². The molecule has 1 amide bonds. The van der Waals surface area contributed by atoms with Crippen LogP contribution < -0.4 is 16.4 Å². The first-order valence-corrected chi connectivity index (χ1v) is 6.66. The Labute approximate surface area is 113 Å².